The van der Waals surface area contributed by atoms with E-state index in [1.165, 1.54) is 0 Å². The second kappa shape index (κ2) is 4.93. The Bertz CT molecular complexity index is 638. The van der Waals surface area contributed by atoms with Crippen LogP contribution < -0.4 is 5.32 Å². The van der Waals surface area contributed by atoms with Crippen LogP contribution in [-0.4, -0.2) is 32.2 Å². The predicted molar refractivity (Wildman–Crippen MR) is 71.9 cm³/mol. The number of aromatic amines is 1. The van der Waals surface area contributed by atoms with Gasteiger partial charge >= 0.3 is 0 Å². The van der Waals surface area contributed by atoms with Crippen LogP contribution in [0.1, 0.15) is 18.9 Å². The van der Waals surface area contributed by atoms with Gasteiger partial charge in [0.25, 0.3) is 0 Å². The maximum Gasteiger partial charge on any atom is 0.220 e. The maximum absolute atomic E-state index is 11.2. The average Bonchev–Trinajstić information content (AvgIpc) is 2.83. The molecule has 1 unspecified atom stereocenters. The number of pyridine rings is 1. The van der Waals surface area contributed by atoms with E-state index < -0.39 is 0 Å². The molecular weight excluding hydrogens is 262 g/mol. The summed E-state index contributed by atoms with van der Waals surface area (Å²) in [5.74, 6) is 0.855. The molecule has 0 bridgehead atoms. The Balaban J connectivity index is 2.00. The SMILES string of the molecule is O=C1CCC(n2c(-c3cccnc3)n[nH]c2=S)CN1. The summed E-state index contributed by atoms with van der Waals surface area (Å²) in [6.07, 6.45) is 4.76. The molecule has 2 N–H and O–H groups in total. The summed E-state index contributed by atoms with van der Waals surface area (Å²) in [6.45, 7) is 0.583. The molecule has 0 aromatic carbocycles. The van der Waals surface area contributed by atoms with Gasteiger partial charge in [0.1, 0.15) is 0 Å². The van der Waals surface area contributed by atoms with Crippen LogP contribution in [0.5, 0.6) is 0 Å². The fourth-order valence-electron chi connectivity index (χ4n) is 2.28. The number of hydrogen-bond acceptors (Lipinski definition) is 4. The first-order chi connectivity index (χ1) is 9.25. The van der Waals surface area contributed by atoms with Crippen LogP contribution in [0.3, 0.4) is 0 Å². The molecule has 1 aliphatic heterocycles. The molecule has 1 atom stereocenters. The van der Waals surface area contributed by atoms with Crippen molar-refractivity contribution >= 4 is 18.1 Å². The number of carbonyl (C=O) groups excluding carboxylic acids is 1. The highest BCUT2D eigenvalue weighted by Crippen LogP contribution is 2.24. The molecular formula is C12H13N5OS. The zero-order valence-corrected chi connectivity index (χ0v) is 11.0. The lowest BCUT2D eigenvalue weighted by Crippen LogP contribution is -2.36. The molecule has 98 valence electrons. The van der Waals surface area contributed by atoms with Crippen molar-refractivity contribution in [2.75, 3.05) is 6.54 Å². The third-order valence-electron chi connectivity index (χ3n) is 3.23. The quantitative estimate of drug-likeness (QED) is 0.813. The van der Waals surface area contributed by atoms with Crippen molar-refractivity contribution in [2.45, 2.75) is 18.9 Å². The lowest BCUT2D eigenvalue weighted by molar-refractivity contribution is -0.122. The molecule has 0 spiro atoms. The molecule has 19 heavy (non-hydrogen) atoms. The maximum atomic E-state index is 11.2. The van der Waals surface area contributed by atoms with Gasteiger partial charge < -0.3 is 5.32 Å². The van der Waals surface area contributed by atoms with Gasteiger partial charge in [0.2, 0.25) is 5.91 Å². The van der Waals surface area contributed by atoms with Gasteiger partial charge in [-0.25, -0.2) is 0 Å². The average molecular weight is 275 g/mol. The lowest BCUT2D eigenvalue weighted by Gasteiger charge is -2.24. The van der Waals surface area contributed by atoms with E-state index >= 15 is 0 Å². The zero-order valence-electron chi connectivity index (χ0n) is 10.2. The number of piperidine rings is 1. The summed E-state index contributed by atoms with van der Waals surface area (Å²) in [7, 11) is 0. The van der Waals surface area contributed by atoms with Crippen LogP contribution in [0, 0.1) is 4.77 Å². The summed E-state index contributed by atoms with van der Waals surface area (Å²) in [6, 6.07) is 3.94. The summed E-state index contributed by atoms with van der Waals surface area (Å²) in [5.41, 5.74) is 0.909. The Labute approximate surface area is 114 Å². The van der Waals surface area contributed by atoms with Crippen LogP contribution in [0.25, 0.3) is 11.4 Å². The number of aromatic nitrogens is 4. The van der Waals surface area contributed by atoms with E-state index in [-0.39, 0.29) is 11.9 Å². The van der Waals surface area contributed by atoms with Crippen LogP contribution in [0.15, 0.2) is 24.5 Å². The first-order valence-corrected chi connectivity index (χ1v) is 6.50. The van der Waals surface area contributed by atoms with Crippen molar-refractivity contribution in [1.82, 2.24) is 25.1 Å². The van der Waals surface area contributed by atoms with Gasteiger partial charge in [-0.15, -0.1) is 0 Å². The molecule has 1 aliphatic rings. The number of amides is 1. The van der Waals surface area contributed by atoms with E-state index in [1.54, 1.807) is 12.4 Å². The van der Waals surface area contributed by atoms with E-state index in [0.717, 1.165) is 17.8 Å². The normalized spacial score (nSPS) is 19.2. The summed E-state index contributed by atoms with van der Waals surface area (Å²) in [5, 5.41) is 9.96. The van der Waals surface area contributed by atoms with E-state index in [1.807, 2.05) is 16.7 Å². The molecule has 2 aromatic rings. The molecule has 2 aromatic heterocycles. The second-order valence-electron chi connectivity index (χ2n) is 4.46. The second-order valence-corrected chi connectivity index (χ2v) is 4.85. The summed E-state index contributed by atoms with van der Waals surface area (Å²) in [4.78, 5) is 15.3. The molecule has 0 saturated carbocycles. The minimum atomic E-state index is 0.0918. The highest BCUT2D eigenvalue weighted by atomic mass is 32.1. The Morgan fingerprint density at radius 1 is 1.47 bits per heavy atom. The van der Waals surface area contributed by atoms with Gasteiger partial charge in [-0.3, -0.25) is 19.4 Å². The van der Waals surface area contributed by atoms with Gasteiger partial charge in [-0.05, 0) is 30.8 Å². The van der Waals surface area contributed by atoms with E-state index in [4.69, 9.17) is 12.2 Å². The molecule has 6 nitrogen and oxygen atoms in total. The third kappa shape index (κ3) is 2.28. The van der Waals surface area contributed by atoms with Crippen molar-refractivity contribution in [3.63, 3.8) is 0 Å². The van der Waals surface area contributed by atoms with Gasteiger partial charge in [0.05, 0.1) is 6.04 Å². The van der Waals surface area contributed by atoms with Crippen molar-refractivity contribution in [3.05, 3.63) is 29.3 Å². The van der Waals surface area contributed by atoms with Crippen molar-refractivity contribution in [2.24, 2.45) is 0 Å². The smallest absolute Gasteiger partial charge is 0.220 e. The van der Waals surface area contributed by atoms with Crippen LogP contribution >= 0.6 is 12.2 Å². The predicted octanol–water partition coefficient (Wildman–Crippen LogP) is 1.45. The third-order valence-corrected chi connectivity index (χ3v) is 3.52. The fraction of sp³-hybridized carbons (Fsp3) is 0.333. The number of hydrogen-bond donors (Lipinski definition) is 2. The van der Waals surface area contributed by atoms with Crippen molar-refractivity contribution in [1.29, 1.82) is 0 Å². The topological polar surface area (TPSA) is 75.6 Å². The number of H-pyrrole nitrogens is 1. The number of carbonyl (C=O) groups is 1. The molecule has 1 saturated heterocycles. The summed E-state index contributed by atoms with van der Waals surface area (Å²) >= 11 is 5.29. The van der Waals surface area contributed by atoms with Crippen molar-refractivity contribution in [3.8, 4) is 11.4 Å². The fourth-order valence-corrected chi connectivity index (χ4v) is 2.56. The van der Waals surface area contributed by atoms with Gasteiger partial charge in [0.15, 0.2) is 10.6 Å². The standard InChI is InChI=1S/C12H13N5OS/c18-10-4-3-9(7-14-10)17-11(15-16-12(17)19)8-2-1-5-13-6-8/h1-2,5-6,9H,3-4,7H2,(H,14,18)(H,16,19). The Morgan fingerprint density at radius 2 is 2.37 bits per heavy atom. The van der Waals surface area contributed by atoms with E-state index in [2.05, 4.69) is 20.5 Å². The van der Waals surface area contributed by atoms with Gasteiger partial charge in [-0.2, -0.15) is 5.10 Å². The van der Waals surface area contributed by atoms with Crippen molar-refractivity contribution < 1.29 is 4.79 Å². The highest BCUT2D eigenvalue weighted by Gasteiger charge is 2.23. The molecule has 1 amide bonds. The largest absolute Gasteiger partial charge is 0.354 e. The lowest BCUT2D eigenvalue weighted by atomic mass is 10.1. The molecule has 3 rings (SSSR count). The molecule has 1 fully saturated rings. The minimum Gasteiger partial charge on any atom is -0.354 e. The molecule has 3 heterocycles. The van der Waals surface area contributed by atoms with Crippen LogP contribution in [-0.2, 0) is 4.79 Å². The minimum absolute atomic E-state index is 0.0918. The van der Waals surface area contributed by atoms with E-state index in [9.17, 15) is 4.79 Å². The number of rotatable bonds is 2. The molecule has 0 radical (unpaired) electrons. The number of nitrogens with one attached hydrogen (secondary N) is 2. The Kier molecular flexibility index (Phi) is 3.12. The zero-order chi connectivity index (χ0) is 13.2. The first-order valence-electron chi connectivity index (χ1n) is 6.09. The monoisotopic (exact) mass is 275 g/mol. The van der Waals surface area contributed by atoms with E-state index in [0.29, 0.717) is 17.7 Å². The van der Waals surface area contributed by atoms with Gasteiger partial charge in [0, 0.05) is 30.9 Å². The highest BCUT2D eigenvalue weighted by molar-refractivity contribution is 7.71. The van der Waals surface area contributed by atoms with Crippen LogP contribution in [0.4, 0.5) is 0 Å². The van der Waals surface area contributed by atoms with Gasteiger partial charge in [-0.1, -0.05) is 0 Å². The first kappa shape index (κ1) is 12.0. The summed E-state index contributed by atoms with van der Waals surface area (Å²) < 4.78 is 2.53. The van der Waals surface area contributed by atoms with Crippen LogP contribution in [0.2, 0.25) is 0 Å². The Hall–Kier alpha value is -2.02. The number of nitrogens with zero attached hydrogens (tertiary/aromatic N) is 3. The molecule has 0 aliphatic carbocycles. The Morgan fingerprint density at radius 3 is 3.05 bits per heavy atom. The molecule has 7 heteroatoms.